The van der Waals surface area contributed by atoms with E-state index >= 15 is 0 Å². The fourth-order valence-corrected chi connectivity index (χ4v) is 7.67. The Morgan fingerprint density at radius 2 is 0.930 bits per heavy atom. The number of aromatic nitrogens is 2. The van der Waals surface area contributed by atoms with Gasteiger partial charge in [0.05, 0.1) is 11.4 Å². The van der Waals surface area contributed by atoms with E-state index < -0.39 is 0 Å². The van der Waals surface area contributed by atoms with Gasteiger partial charge in [-0.3, -0.25) is 0 Å². The van der Waals surface area contributed by atoms with Crippen molar-refractivity contribution in [2.24, 2.45) is 0 Å². The third-order valence-electron chi connectivity index (χ3n) is 8.48. The van der Waals surface area contributed by atoms with Gasteiger partial charge in [0.25, 0.3) is 0 Å². The Hall–Kier alpha value is -5.38. The summed E-state index contributed by atoms with van der Waals surface area (Å²) in [6.07, 6.45) is 0. The van der Waals surface area contributed by atoms with Crippen LogP contribution in [0.15, 0.2) is 146 Å². The molecule has 0 amide bonds. The summed E-state index contributed by atoms with van der Waals surface area (Å²) >= 11 is 1.81. The van der Waals surface area contributed by atoms with Gasteiger partial charge in [0, 0.05) is 36.9 Å². The van der Waals surface area contributed by atoms with Gasteiger partial charge in [-0.15, -0.1) is 11.3 Å². The molecule has 0 aliphatic rings. The second kappa shape index (κ2) is 9.59. The summed E-state index contributed by atoms with van der Waals surface area (Å²) in [5.41, 5.74) is 5.06. The van der Waals surface area contributed by atoms with Crippen LogP contribution in [0.2, 0.25) is 0 Å². The second-order valence-corrected chi connectivity index (χ2v) is 12.0. The standard InChI is InChI=1S/C40H24N2S/c1-2-11-25(12-3-1)36-24-37(42-40(41-36)34-19-10-18-33-32-17-8-9-20-38(32)43-39(33)34)26-21-22-31-29-15-5-4-13-27(29)28-14-6-7-16-30(28)35(31)23-26/h1-24H. The molecule has 0 saturated carbocycles. The molecule has 0 bridgehead atoms. The van der Waals surface area contributed by atoms with Gasteiger partial charge in [-0.25, -0.2) is 9.97 Å². The van der Waals surface area contributed by atoms with Crippen molar-refractivity contribution in [3.63, 3.8) is 0 Å². The minimum absolute atomic E-state index is 0.747. The zero-order valence-corrected chi connectivity index (χ0v) is 24.0. The predicted molar refractivity (Wildman–Crippen MR) is 184 cm³/mol. The Labute approximate surface area is 252 Å². The molecule has 0 spiro atoms. The molecule has 0 N–H and O–H groups in total. The van der Waals surface area contributed by atoms with Gasteiger partial charge in [0.1, 0.15) is 0 Å². The molecule has 0 atom stereocenters. The first-order valence-electron chi connectivity index (χ1n) is 14.5. The third kappa shape index (κ3) is 3.86. The van der Waals surface area contributed by atoms with Crippen LogP contribution >= 0.6 is 11.3 Å². The van der Waals surface area contributed by atoms with Crippen LogP contribution in [0.1, 0.15) is 0 Å². The zero-order valence-electron chi connectivity index (χ0n) is 23.2. The Balaban J connectivity index is 1.32. The minimum Gasteiger partial charge on any atom is -0.228 e. The smallest absolute Gasteiger partial charge is 0.161 e. The zero-order chi connectivity index (χ0) is 28.3. The van der Waals surface area contributed by atoms with E-state index in [1.54, 1.807) is 0 Å². The third-order valence-corrected chi connectivity index (χ3v) is 9.70. The van der Waals surface area contributed by atoms with Gasteiger partial charge in [-0.2, -0.15) is 0 Å². The lowest BCUT2D eigenvalue weighted by Gasteiger charge is -2.13. The number of rotatable bonds is 3. The van der Waals surface area contributed by atoms with Crippen LogP contribution in [0.25, 0.3) is 86.4 Å². The van der Waals surface area contributed by atoms with Crippen LogP contribution < -0.4 is 0 Å². The highest BCUT2D eigenvalue weighted by molar-refractivity contribution is 7.26. The first kappa shape index (κ1) is 24.2. The summed E-state index contributed by atoms with van der Waals surface area (Å²) in [5, 5.41) is 10.1. The SMILES string of the molecule is c1ccc(-c2cc(-c3ccc4c5ccccc5c5ccccc5c4c3)nc(-c3cccc4c3sc3ccccc34)n2)cc1. The van der Waals surface area contributed by atoms with Crippen LogP contribution in [0.5, 0.6) is 0 Å². The maximum atomic E-state index is 5.26. The van der Waals surface area contributed by atoms with Crippen molar-refractivity contribution < 1.29 is 0 Å². The average Bonchev–Trinajstić information content (AvgIpc) is 3.47. The van der Waals surface area contributed by atoms with Crippen molar-refractivity contribution in [3.8, 4) is 33.9 Å². The van der Waals surface area contributed by atoms with E-state index in [1.165, 1.54) is 52.5 Å². The summed E-state index contributed by atoms with van der Waals surface area (Å²) in [7, 11) is 0. The van der Waals surface area contributed by atoms with E-state index in [1.807, 2.05) is 17.4 Å². The topological polar surface area (TPSA) is 25.8 Å². The average molecular weight is 565 g/mol. The Morgan fingerprint density at radius 3 is 1.65 bits per heavy atom. The maximum absolute atomic E-state index is 5.26. The molecule has 7 aromatic carbocycles. The molecule has 2 heterocycles. The molecule has 0 aliphatic carbocycles. The highest BCUT2D eigenvalue weighted by Crippen LogP contribution is 2.41. The molecule has 43 heavy (non-hydrogen) atoms. The lowest BCUT2D eigenvalue weighted by molar-refractivity contribution is 1.19. The molecular formula is C40H24N2S. The van der Waals surface area contributed by atoms with E-state index in [2.05, 4.69) is 140 Å². The fourth-order valence-electron chi connectivity index (χ4n) is 6.46. The van der Waals surface area contributed by atoms with Gasteiger partial charge in [0.2, 0.25) is 0 Å². The van der Waals surface area contributed by atoms with Crippen molar-refractivity contribution in [3.05, 3.63) is 146 Å². The van der Waals surface area contributed by atoms with Gasteiger partial charge in [0.15, 0.2) is 5.82 Å². The molecule has 0 saturated heterocycles. The Kier molecular flexibility index (Phi) is 5.40. The normalized spacial score (nSPS) is 11.7. The van der Waals surface area contributed by atoms with Crippen LogP contribution in [0, 0.1) is 0 Å². The van der Waals surface area contributed by atoms with Crippen molar-refractivity contribution in [1.29, 1.82) is 0 Å². The van der Waals surface area contributed by atoms with E-state index in [-0.39, 0.29) is 0 Å². The number of benzene rings is 7. The van der Waals surface area contributed by atoms with Crippen molar-refractivity contribution in [2.75, 3.05) is 0 Å². The van der Waals surface area contributed by atoms with E-state index in [0.717, 1.165) is 33.9 Å². The lowest BCUT2D eigenvalue weighted by Crippen LogP contribution is -1.96. The van der Waals surface area contributed by atoms with Crippen LogP contribution in [-0.4, -0.2) is 9.97 Å². The number of hydrogen-bond donors (Lipinski definition) is 0. The summed E-state index contributed by atoms with van der Waals surface area (Å²) in [4.78, 5) is 10.4. The van der Waals surface area contributed by atoms with Crippen LogP contribution in [0.3, 0.4) is 0 Å². The van der Waals surface area contributed by atoms with Crippen molar-refractivity contribution in [1.82, 2.24) is 9.97 Å². The maximum Gasteiger partial charge on any atom is 0.161 e. The highest BCUT2D eigenvalue weighted by Gasteiger charge is 2.16. The van der Waals surface area contributed by atoms with E-state index in [9.17, 15) is 0 Å². The Morgan fingerprint density at radius 1 is 0.372 bits per heavy atom. The minimum atomic E-state index is 0.747. The Bertz CT molecular complexity index is 2470. The number of hydrogen-bond acceptors (Lipinski definition) is 3. The molecular weight excluding hydrogens is 541 g/mol. The largest absolute Gasteiger partial charge is 0.228 e. The first-order chi connectivity index (χ1) is 21.3. The lowest BCUT2D eigenvalue weighted by atomic mass is 9.92. The number of thiophene rings is 1. The molecule has 200 valence electrons. The summed E-state index contributed by atoms with van der Waals surface area (Å²) in [6.45, 7) is 0. The summed E-state index contributed by atoms with van der Waals surface area (Å²) in [6, 6.07) is 51.9. The van der Waals surface area contributed by atoms with E-state index in [4.69, 9.17) is 9.97 Å². The van der Waals surface area contributed by atoms with Gasteiger partial charge in [-0.05, 0) is 56.6 Å². The molecule has 9 rings (SSSR count). The molecule has 2 nitrogen and oxygen atoms in total. The predicted octanol–water partition coefficient (Wildman–Crippen LogP) is 11.3. The molecule has 0 fully saturated rings. The monoisotopic (exact) mass is 564 g/mol. The molecule has 2 aromatic heterocycles. The second-order valence-electron chi connectivity index (χ2n) is 11.0. The van der Waals surface area contributed by atoms with Crippen molar-refractivity contribution in [2.45, 2.75) is 0 Å². The van der Waals surface area contributed by atoms with Gasteiger partial charge < -0.3 is 0 Å². The van der Waals surface area contributed by atoms with Crippen LogP contribution in [-0.2, 0) is 0 Å². The number of nitrogens with zero attached hydrogens (tertiary/aromatic N) is 2. The molecule has 0 aliphatic heterocycles. The van der Waals surface area contributed by atoms with Gasteiger partial charge >= 0.3 is 0 Å². The van der Waals surface area contributed by atoms with Crippen molar-refractivity contribution >= 4 is 63.8 Å². The summed E-state index contributed by atoms with van der Waals surface area (Å²) in [5.74, 6) is 0.747. The van der Waals surface area contributed by atoms with Gasteiger partial charge in [-0.1, -0.05) is 121 Å². The molecule has 0 unspecified atom stereocenters. The van der Waals surface area contributed by atoms with Crippen LogP contribution in [0.4, 0.5) is 0 Å². The molecule has 3 heteroatoms. The highest BCUT2D eigenvalue weighted by atomic mass is 32.1. The van der Waals surface area contributed by atoms with E-state index in [0.29, 0.717) is 0 Å². The quantitative estimate of drug-likeness (QED) is 0.199. The first-order valence-corrected chi connectivity index (χ1v) is 15.3. The summed E-state index contributed by atoms with van der Waals surface area (Å²) < 4.78 is 2.49. The fraction of sp³-hybridized carbons (Fsp3) is 0. The molecule has 0 radical (unpaired) electrons. The molecule has 9 aromatic rings. The number of fused-ring (bicyclic) bond motifs is 9.